The largest absolute Gasteiger partial charge is 0.493 e. The van der Waals surface area contributed by atoms with Gasteiger partial charge in [-0.25, -0.2) is 0 Å². The molecule has 1 amide bonds. The van der Waals surface area contributed by atoms with E-state index in [-0.39, 0.29) is 12.5 Å². The number of ether oxygens (including phenoxy) is 2. The van der Waals surface area contributed by atoms with Crippen molar-refractivity contribution >= 4 is 51.5 Å². The fourth-order valence-electron chi connectivity index (χ4n) is 4.01. The molecule has 0 aliphatic heterocycles. The second kappa shape index (κ2) is 11.2. The summed E-state index contributed by atoms with van der Waals surface area (Å²) >= 11 is 13.9. The molecule has 0 radical (unpaired) electrons. The van der Waals surface area contributed by atoms with Crippen LogP contribution in [0.3, 0.4) is 0 Å². The van der Waals surface area contributed by atoms with Gasteiger partial charge in [-0.3, -0.25) is 4.79 Å². The van der Waals surface area contributed by atoms with E-state index in [1.54, 1.807) is 43.5 Å². The molecule has 1 aliphatic carbocycles. The second-order valence-electron chi connectivity index (χ2n) is 8.39. The van der Waals surface area contributed by atoms with Crippen molar-refractivity contribution in [3.63, 3.8) is 0 Å². The molecule has 0 spiro atoms. The average Bonchev–Trinajstić information content (AvgIpc) is 3.18. The molecule has 1 aliphatic rings. The molecule has 4 rings (SSSR count). The van der Waals surface area contributed by atoms with Crippen LogP contribution in [0.5, 0.6) is 11.5 Å². The zero-order chi connectivity index (χ0) is 24.9. The lowest BCUT2D eigenvalue weighted by Crippen LogP contribution is -2.10. The SMILES string of the molecule is COc1cc(C=CC(=O)Nc2sc3c(c2C#N)CCC(C)C3)ccc1OCc1c(Cl)cccc1Cl. The van der Waals surface area contributed by atoms with Gasteiger partial charge in [0.25, 0.3) is 0 Å². The van der Waals surface area contributed by atoms with E-state index in [1.165, 1.54) is 22.3 Å². The third kappa shape index (κ3) is 5.82. The zero-order valence-corrected chi connectivity index (χ0v) is 21.7. The van der Waals surface area contributed by atoms with Crippen LogP contribution < -0.4 is 14.8 Å². The van der Waals surface area contributed by atoms with Crippen LogP contribution in [0.1, 0.15) is 40.5 Å². The molecule has 0 bridgehead atoms. The number of amides is 1. The maximum Gasteiger partial charge on any atom is 0.249 e. The summed E-state index contributed by atoms with van der Waals surface area (Å²) in [5.74, 6) is 1.35. The molecule has 0 fully saturated rings. The number of rotatable bonds is 7. The fourth-order valence-corrected chi connectivity index (χ4v) is 5.88. The van der Waals surface area contributed by atoms with Gasteiger partial charge in [0.2, 0.25) is 5.91 Å². The van der Waals surface area contributed by atoms with Crippen molar-refractivity contribution in [2.45, 2.75) is 32.8 Å². The zero-order valence-electron chi connectivity index (χ0n) is 19.4. The third-order valence-corrected chi connectivity index (χ3v) is 7.79. The molecule has 0 saturated carbocycles. The standard InChI is InChI=1S/C27H24Cl2N2O3S/c1-16-6-9-18-19(14-30)27(35-25(18)12-16)31-26(32)11-8-17-7-10-23(24(13-17)33-2)34-15-20-21(28)4-3-5-22(20)29/h3-5,7-8,10-11,13,16H,6,9,12,15H2,1-2H3,(H,31,32). The van der Waals surface area contributed by atoms with E-state index in [2.05, 4.69) is 18.3 Å². The lowest BCUT2D eigenvalue weighted by molar-refractivity contribution is -0.111. The smallest absolute Gasteiger partial charge is 0.249 e. The Morgan fingerprint density at radius 1 is 1.26 bits per heavy atom. The van der Waals surface area contributed by atoms with Crippen molar-refractivity contribution in [2.75, 3.05) is 12.4 Å². The molecule has 8 heteroatoms. The summed E-state index contributed by atoms with van der Waals surface area (Å²) in [6.07, 6.45) is 6.05. The van der Waals surface area contributed by atoms with Gasteiger partial charge < -0.3 is 14.8 Å². The number of fused-ring (bicyclic) bond motifs is 1. The number of nitrogens with one attached hydrogen (secondary N) is 1. The Balaban J connectivity index is 1.44. The predicted molar refractivity (Wildman–Crippen MR) is 142 cm³/mol. The number of thiophene rings is 1. The highest BCUT2D eigenvalue weighted by Gasteiger charge is 2.24. The Kier molecular flexibility index (Phi) is 8.02. The van der Waals surface area contributed by atoms with Crippen LogP contribution in [-0.4, -0.2) is 13.0 Å². The molecular weight excluding hydrogens is 503 g/mol. The van der Waals surface area contributed by atoms with Crippen molar-refractivity contribution in [3.05, 3.63) is 79.7 Å². The molecule has 1 aromatic heterocycles. The Labute approximate surface area is 218 Å². The minimum Gasteiger partial charge on any atom is -0.493 e. The van der Waals surface area contributed by atoms with E-state index in [1.807, 2.05) is 6.07 Å². The number of carbonyl (C=O) groups excluding carboxylic acids is 1. The van der Waals surface area contributed by atoms with Gasteiger partial charge in [0.1, 0.15) is 17.7 Å². The summed E-state index contributed by atoms with van der Waals surface area (Å²) < 4.78 is 11.3. The third-order valence-electron chi connectivity index (χ3n) is 5.91. The van der Waals surface area contributed by atoms with Crippen molar-refractivity contribution < 1.29 is 14.3 Å². The topological polar surface area (TPSA) is 71.3 Å². The van der Waals surface area contributed by atoms with Gasteiger partial charge in [-0.1, -0.05) is 42.3 Å². The summed E-state index contributed by atoms with van der Waals surface area (Å²) in [6.45, 7) is 2.41. The van der Waals surface area contributed by atoms with Crippen LogP contribution in [0.25, 0.3) is 6.08 Å². The van der Waals surface area contributed by atoms with Crippen LogP contribution in [-0.2, 0) is 24.2 Å². The highest BCUT2D eigenvalue weighted by Crippen LogP contribution is 2.39. The van der Waals surface area contributed by atoms with E-state index < -0.39 is 0 Å². The van der Waals surface area contributed by atoms with Crippen molar-refractivity contribution in [1.82, 2.24) is 0 Å². The number of anilines is 1. The molecule has 0 saturated heterocycles. The van der Waals surface area contributed by atoms with Gasteiger partial charge in [0, 0.05) is 26.6 Å². The van der Waals surface area contributed by atoms with Crippen LogP contribution >= 0.6 is 34.5 Å². The van der Waals surface area contributed by atoms with Crippen molar-refractivity contribution in [3.8, 4) is 17.6 Å². The number of nitrogens with zero attached hydrogens (tertiary/aromatic N) is 1. The molecule has 35 heavy (non-hydrogen) atoms. The van der Waals surface area contributed by atoms with E-state index in [9.17, 15) is 10.1 Å². The Bertz CT molecular complexity index is 1310. The molecule has 1 heterocycles. The van der Waals surface area contributed by atoms with E-state index in [4.69, 9.17) is 32.7 Å². The first kappa shape index (κ1) is 25.1. The van der Waals surface area contributed by atoms with Crippen LogP contribution in [0, 0.1) is 17.2 Å². The van der Waals surface area contributed by atoms with Gasteiger partial charge >= 0.3 is 0 Å². The lowest BCUT2D eigenvalue weighted by Gasteiger charge is -2.17. The maximum absolute atomic E-state index is 12.6. The number of methoxy groups -OCH3 is 1. The predicted octanol–water partition coefficient (Wildman–Crippen LogP) is 7.29. The first-order valence-electron chi connectivity index (χ1n) is 11.2. The molecular formula is C27H24Cl2N2O3S. The molecule has 1 N–H and O–H groups in total. The number of hydrogen-bond donors (Lipinski definition) is 1. The van der Waals surface area contributed by atoms with E-state index in [0.717, 1.165) is 30.4 Å². The average molecular weight is 527 g/mol. The first-order chi connectivity index (χ1) is 16.9. The van der Waals surface area contributed by atoms with Crippen LogP contribution in [0.2, 0.25) is 10.0 Å². The summed E-state index contributed by atoms with van der Waals surface area (Å²) in [7, 11) is 1.55. The van der Waals surface area contributed by atoms with Crippen LogP contribution in [0.4, 0.5) is 5.00 Å². The summed E-state index contributed by atoms with van der Waals surface area (Å²) in [5.41, 5.74) is 3.15. The normalized spacial score (nSPS) is 14.9. The number of nitriles is 1. The minimum absolute atomic E-state index is 0.192. The monoisotopic (exact) mass is 526 g/mol. The second-order valence-corrected chi connectivity index (χ2v) is 10.3. The number of halogens is 2. The molecule has 3 aromatic rings. The summed E-state index contributed by atoms with van der Waals surface area (Å²) in [4.78, 5) is 13.8. The summed E-state index contributed by atoms with van der Waals surface area (Å²) in [5, 5.41) is 14.2. The lowest BCUT2D eigenvalue weighted by atomic mass is 9.89. The minimum atomic E-state index is -0.291. The molecule has 1 unspecified atom stereocenters. The van der Waals surface area contributed by atoms with Gasteiger partial charge in [-0.2, -0.15) is 5.26 Å². The first-order valence-corrected chi connectivity index (χ1v) is 12.7. The van der Waals surface area contributed by atoms with E-state index >= 15 is 0 Å². The van der Waals surface area contributed by atoms with Gasteiger partial charge in [0.05, 0.1) is 12.7 Å². The fraction of sp³-hybridized carbons (Fsp3) is 0.259. The summed E-state index contributed by atoms with van der Waals surface area (Å²) in [6, 6.07) is 12.9. The van der Waals surface area contributed by atoms with Crippen molar-refractivity contribution in [1.29, 1.82) is 5.26 Å². The Hall–Kier alpha value is -2.98. The Morgan fingerprint density at radius 2 is 2.03 bits per heavy atom. The van der Waals surface area contributed by atoms with Crippen LogP contribution in [0.15, 0.2) is 42.5 Å². The highest BCUT2D eigenvalue weighted by atomic mass is 35.5. The quantitative estimate of drug-likeness (QED) is 0.328. The van der Waals surface area contributed by atoms with E-state index in [0.29, 0.717) is 43.6 Å². The Morgan fingerprint density at radius 3 is 2.74 bits per heavy atom. The molecule has 180 valence electrons. The van der Waals surface area contributed by atoms with Crippen molar-refractivity contribution in [2.24, 2.45) is 5.92 Å². The number of benzene rings is 2. The maximum atomic E-state index is 12.6. The molecule has 2 aromatic carbocycles. The molecule has 5 nitrogen and oxygen atoms in total. The van der Waals surface area contributed by atoms with Gasteiger partial charge in [-0.05, 0) is 66.6 Å². The number of hydrogen-bond acceptors (Lipinski definition) is 5. The molecule has 1 atom stereocenters. The van der Waals surface area contributed by atoms with Gasteiger partial charge in [-0.15, -0.1) is 11.3 Å². The number of carbonyl (C=O) groups is 1. The highest BCUT2D eigenvalue weighted by molar-refractivity contribution is 7.16. The van der Waals surface area contributed by atoms with Gasteiger partial charge in [0.15, 0.2) is 11.5 Å².